The summed E-state index contributed by atoms with van der Waals surface area (Å²) in [5, 5.41) is 7.95. The minimum absolute atomic E-state index is 0.356. The lowest BCUT2D eigenvalue weighted by molar-refractivity contribution is 0.485. The fourth-order valence-electron chi connectivity index (χ4n) is 2.78. The molecule has 4 heteroatoms. The molecular weight excluding hydrogens is 254 g/mol. The molecule has 3 nitrogen and oxygen atoms in total. The first kappa shape index (κ1) is 12.8. The number of thioether (sulfide) groups is 1. The van der Waals surface area contributed by atoms with Crippen molar-refractivity contribution in [2.45, 2.75) is 23.8 Å². The van der Waals surface area contributed by atoms with Crippen LogP contribution in [0.5, 0.6) is 0 Å². The quantitative estimate of drug-likeness (QED) is 0.929. The first-order chi connectivity index (χ1) is 9.29. The predicted octanol–water partition coefficient (Wildman–Crippen LogP) is 2.96. The SMILES string of the molecule is CCNC(c1cnn(C)c1)C1CSc2ccccc21. The number of aryl methyl sites for hydroxylation is 1. The molecular formula is C15H19N3S. The Bertz CT molecular complexity index is 564. The molecule has 2 aromatic rings. The van der Waals surface area contributed by atoms with Gasteiger partial charge in [-0.3, -0.25) is 4.68 Å². The standard InChI is InChI=1S/C15H19N3S/c1-3-16-15(11-8-17-18(2)9-11)13-10-19-14-7-5-4-6-12(13)14/h4-9,13,15-16H,3,10H2,1-2H3. The molecule has 0 saturated heterocycles. The van der Waals surface area contributed by atoms with Crippen LogP contribution in [0.25, 0.3) is 0 Å². The molecule has 0 radical (unpaired) electrons. The predicted molar refractivity (Wildman–Crippen MR) is 79.5 cm³/mol. The van der Waals surface area contributed by atoms with E-state index in [1.54, 1.807) is 0 Å². The molecule has 2 heterocycles. The molecule has 0 amide bonds. The van der Waals surface area contributed by atoms with Gasteiger partial charge in [0.15, 0.2) is 0 Å². The smallest absolute Gasteiger partial charge is 0.0537 e. The highest BCUT2D eigenvalue weighted by molar-refractivity contribution is 7.99. The molecule has 0 saturated carbocycles. The molecule has 1 aliphatic heterocycles. The number of nitrogens with zero attached hydrogens (tertiary/aromatic N) is 2. The first-order valence-electron chi connectivity index (χ1n) is 6.73. The Morgan fingerprint density at radius 1 is 1.47 bits per heavy atom. The molecule has 0 aliphatic carbocycles. The van der Waals surface area contributed by atoms with Crippen molar-refractivity contribution in [2.75, 3.05) is 12.3 Å². The summed E-state index contributed by atoms with van der Waals surface area (Å²) in [6.07, 6.45) is 4.11. The van der Waals surface area contributed by atoms with Gasteiger partial charge in [-0.25, -0.2) is 0 Å². The van der Waals surface area contributed by atoms with Crippen molar-refractivity contribution in [1.82, 2.24) is 15.1 Å². The summed E-state index contributed by atoms with van der Waals surface area (Å²) in [7, 11) is 1.98. The third kappa shape index (κ3) is 2.42. The van der Waals surface area contributed by atoms with Crippen LogP contribution in [0.2, 0.25) is 0 Å². The normalized spacial score (nSPS) is 19.4. The third-order valence-electron chi connectivity index (χ3n) is 3.65. The second kappa shape index (κ2) is 5.39. The van der Waals surface area contributed by atoms with Gasteiger partial charge in [0.05, 0.1) is 6.20 Å². The van der Waals surface area contributed by atoms with Crippen molar-refractivity contribution in [3.63, 3.8) is 0 Å². The molecule has 0 spiro atoms. The maximum atomic E-state index is 4.32. The Morgan fingerprint density at radius 2 is 2.32 bits per heavy atom. The molecule has 1 N–H and O–H groups in total. The van der Waals surface area contributed by atoms with Gasteiger partial charge >= 0.3 is 0 Å². The Balaban J connectivity index is 1.94. The van der Waals surface area contributed by atoms with Crippen molar-refractivity contribution < 1.29 is 0 Å². The summed E-state index contributed by atoms with van der Waals surface area (Å²) in [6, 6.07) is 9.12. The van der Waals surface area contributed by atoms with Gasteiger partial charge in [0.1, 0.15) is 0 Å². The summed E-state index contributed by atoms with van der Waals surface area (Å²) < 4.78 is 1.88. The molecule has 2 unspecified atom stereocenters. The first-order valence-corrected chi connectivity index (χ1v) is 7.71. The van der Waals surface area contributed by atoms with Crippen LogP contribution in [0, 0.1) is 0 Å². The lowest BCUT2D eigenvalue weighted by Gasteiger charge is -2.23. The lowest BCUT2D eigenvalue weighted by atomic mass is 9.90. The molecule has 1 aromatic carbocycles. The van der Waals surface area contributed by atoms with E-state index in [1.807, 2.05) is 29.7 Å². The van der Waals surface area contributed by atoms with Gasteiger partial charge in [-0.05, 0) is 18.2 Å². The van der Waals surface area contributed by atoms with Crippen molar-refractivity contribution in [3.8, 4) is 0 Å². The maximum absolute atomic E-state index is 4.32. The van der Waals surface area contributed by atoms with Crippen LogP contribution < -0.4 is 5.32 Å². The number of hydrogen-bond donors (Lipinski definition) is 1. The van der Waals surface area contributed by atoms with Crippen molar-refractivity contribution >= 4 is 11.8 Å². The Hall–Kier alpha value is -1.26. The number of benzene rings is 1. The van der Waals surface area contributed by atoms with E-state index in [9.17, 15) is 0 Å². The number of fused-ring (bicyclic) bond motifs is 1. The van der Waals surface area contributed by atoms with E-state index in [4.69, 9.17) is 0 Å². The Labute approximate surface area is 118 Å². The van der Waals surface area contributed by atoms with E-state index in [0.29, 0.717) is 12.0 Å². The molecule has 2 atom stereocenters. The zero-order valence-electron chi connectivity index (χ0n) is 11.3. The highest BCUT2D eigenvalue weighted by Crippen LogP contribution is 2.45. The number of nitrogens with one attached hydrogen (secondary N) is 1. The minimum atomic E-state index is 0.356. The fourth-order valence-corrected chi connectivity index (χ4v) is 4.07. The van der Waals surface area contributed by atoms with Gasteiger partial charge in [-0.15, -0.1) is 11.8 Å². The van der Waals surface area contributed by atoms with E-state index in [2.05, 4.69) is 47.8 Å². The van der Waals surface area contributed by atoms with Crippen LogP contribution in [0.4, 0.5) is 0 Å². The van der Waals surface area contributed by atoms with Crippen LogP contribution in [0.3, 0.4) is 0 Å². The Morgan fingerprint density at radius 3 is 3.05 bits per heavy atom. The van der Waals surface area contributed by atoms with E-state index in [1.165, 1.54) is 16.0 Å². The van der Waals surface area contributed by atoms with Crippen LogP contribution in [0.15, 0.2) is 41.6 Å². The summed E-state index contributed by atoms with van der Waals surface area (Å²) in [5.41, 5.74) is 2.76. The van der Waals surface area contributed by atoms with Crippen LogP contribution in [0.1, 0.15) is 30.0 Å². The Kier molecular flexibility index (Phi) is 3.62. The second-order valence-electron chi connectivity index (χ2n) is 4.94. The second-order valence-corrected chi connectivity index (χ2v) is 6.00. The summed E-state index contributed by atoms with van der Waals surface area (Å²) in [6.45, 7) is 3.14. The maximum Gasteiger partial charge on any atom is 0.0537 e. The molecule has 100 valence electrons. The third-order valence-corrected chi connectivity index (χ3v) is 4.86. The zero-order chi connectivity index (χ0) is 13.2. The summed E-state index contributed by atoms with van der Waals surface area (Å²) in [5.74, 6) is 1.68. The van der Waals surface area contributed by atoms with Gasteiger partial charge in [0.2, 0.25) is 0 Å². The van der Waals surface area contributed by atoms with Crippen molar-refractivity contribution in [1.29, 1.82) is 0 Å². The van der Waals surface area contributed by atoms with Crippen molar-refractivity contribution in [3.05, 3.63) is 47.8 Å². The monoisotopic (exact) mass is 273 g/mol. The fraction of sp³-hybridized carbons (Fsp3) is 0.400. The molecule has 0 fully saturated rings. The molecule has 19 heavy (non-hydrogen) atoms. The van der Waals surface area contributed by atoms with E-state index in [0.717, 1.165) is 12.3 Å². The summed E-state index contributed by atoms with van der Waals surface area (Å²) >= 11 is 1.96. The van der Waals surface area contributed by atoms with Gasteiger partial charge in [-0.2, -0.15) is 5.10 Å². The van der Waals surface area contributed by atoms with Gasteiger partial charge in [0.25, 0.3) is 0 Å². The average Bonchev–Trinajstić information content (AvgIpc) is 3.03. The molecule has 0 bridgehead atoms. The number of likely N-dealkylation sites (N-methyl/N-ethyl adjacent to an activating group) is 1. The van der Waals surface area contributed by atoms with Gasteiger partial charge in [0, 0.05) is 41.4 Å². The van der Waals surface area contributed by atoms with Crippen molar-refractivity contribution in [2.24, 2.45) is 7.05 Å². The molecule has 3 rings (SSSR count). The number of hydrogen-bond acceptors (Lipinski definition) is 3. The zero-order valence-corrected chi connectivity index (χ0v) is 12.2. The minimum Gasteiger partial charge on any atom is -0.310 e. The van der Waals surface area contributed by atoms with Crippen LogP contribution in [-0.2, 0) is 7.05 Å². The highest BCUT2D eigenvalue weighted by Gasteiger charge is 2.31. The van der Waals surface area contributed by atoms with Crippen LogP contribution in [-0.4, -0.2) is 22.1 Å². The average molecular weight is 273 g/mol. The van der Waals surface area contributed by atoms with Gasteiger partial charge < -0.3 is 5.32 Å². The van der Waals surface area contributed by atoms with E-state index in [-0.39, 0.29) is 0 Å². The molecule has 1 aliphatic rings. The topological polar surface area (TPSA) is 29.9 Å². The summed E-state index contributed by atoms with van der Waals surface area (Å²) in [4.78, 5) is 1.43. The lowest BCUT2D eigenvalue weighted by Crippen LogP contribution is -2.27. The largest absolute Gasteiger partial charge is 0.310 e. The van der Waals surface area contributed by atoms with Gasteiger partial charge in [-0.1, -0.05) is 25.1 Å². The number of rotatable bonds is 4. The number of aromatic nitrogens is 2. The highest BCUT2D eigenvalue weighted by atomic mass is 32.2. The van der Waals surface area contributed by atoms with Crippen LogP contribution >= 0.6 is 11.8 Å². The molecule has 1 aromatic heterocycles. The van der Waals surface area contributed by atoms with E-state index < -0.39 is 0 Å². The van der Waals surface area contributed by atoms with E-state index >= 15 is 0 Å².